The lowest BCUT2D eigenvalue weighted by Crippen LogP contribution is -2.43. The third-order valence-corrected chi connectivity index (χ3v) is 5.00. The summed E-state index contributed by atoms with van der Waals surface area (Å²) in [5.41, 5.74) is 0.884. The van der Waals surface area contributed by atoms with E-state index >= 15 is 0 Å². The number of nitrogens with one attached hydrogen (secondary N) is 1. The Balaban J connectivity index is 1.66. The summed E-state index contributed by atoms with van der Waals surface area (Å²) in [7, 11) is 0. The molecular weight excluding hydrogens is 361 g/mol. The summed E-state index contributed by atoms with van der Waals surface area (Å²) in [6, 6.07) is 13.8. The van der Waals surface area contributed by atoms with Crippen LogP contribution in [-0.2, 0) is 19.5 Å². The highest BCUT2D eigenvalue weighted by molar-refractivity contribution is 5.93. The van der Waals surface area contributed by atoms with E-state index in [1.54, 1.807) is 11.0 Å². The van der Waals surface area contributed by atoms with Crippen molar-refractivity contribution in [2.45, 2.75) is 19.5 Å². The maximum Gasteiger partial charge on any atom is 0.328 e. The first-order valence-electron chi connectivity index (χ1n) is 8.96. The minimum absolute atomic E-state index is 0.129. The maximum atomic E-state index is 13.9. The minimum atomic E-state index is -0.726. The Morgan fingerprint density at radius 1 is 1.04 bits per heavy atom. The van der Waals surface area contributed by atoms with E-state index in [0.29, 0.717) is 19.5 Å². The first-order valence-corrected chi connectivity index (χ1v) is 8.96. The molecule has 0 bridgehead atoms. The molecule has 0 saturated carbocycles. The fraction of sp³-hybridized carbons (Fsp3) is 0.190. The normalized spacial score (nSPS) is 13.2. The number of aromatic amines is 1. The molecule has 0 radical (unpaired) electrons. The zero-order valence-corrected chi connectivity index (χ0v) is 15.0. The fourth-order valence-electron chi connectivity index (χ4n) is 3.44. The van der Waals surface area contributed by atoms with Crippen LogP contribution in [0, 0.1) is 5.82 Å². The average Bonchev–Trinajstić information content (AvgIpc) is 2.71. The Morgan fingerprint density at radius 3 is 2.54 bits per heavy atom. The molecule has 28 heavy (non-hydrogen) atoms. The van der Waals surface area contributed by atoms with Gasteiger partial charge in [-0.25, -0.2) is 9.18 Å². The third kappa shape index (κ3) is 3.26. The van der Waals surface area contributed by atoms with Crippen molar-refractivity contribution >= 4 is 5.91 Å². The highest BCUT2D eigenvalue weighted by atomic mass is 19.1. The van der Waals surface area contributed by atoms with Gasteiger partial charge in [-0.2, -0.15) is 0 Å². The van der Waals surface area contributed by atoms with Crippen LogP contribution in [-0.4, -0.2) is 26.9 Å². The lowest BCUT2D eigenvalue weighted by Gasteiger charge is -2.28. The van der Waals surface area contributed by atoms with E-state index in [9.17, 15) is 18.8 Å². The van der Waals surface area contributed by atoms with E-state index < -0.39 is 23.0 Å². The largest absolute Gasteiger partial charge is 0.334 e. The number of hydrogen-bond donors (Lipinski definition) is 1. The quantitative estimate of drug-likeness (QED) is 0.756. The summed E-state index contributed by atoms with van der Waals surface area (Å²) in [5.74, 6) is -0.962. The number of aromatic nitrogens is 2. The predicted octanol–water partition coefficient (Wildman–Crippen LogP) is 1.92. The van der Waals surface area contributed by atoms with E-state index in [2.05, 4.69) is 4.98 Å². The van der Waals surface area contributed by atoms with Crippen LogP contribution in [0.4, 0.5) is 4.39 Å². The van der Waals surface area contributed by atoms with E-state index in [0.717, 1.165) is 16.3 Å². The van der Waals surface area contributed by atoms with Gasteiger partial charge in [0.05, 0.1) is 6.54 Å². The summed E-state index contributed by atoms with van der Waals surface area (Å²) >= 11 is 0. The molecule has 142 valence electrons. The number of H-pyrrole nitrogens is 1. The SMILES string of the molecule is O=C(c1c[nH]c(=O)n(Cc2ccccc2F)c1=O)N1CCc2ccccc2C1. The fourth-order valence-corrected chi connectivity index (χ4v) is 3.44. The Labute approximate surface area is 159 Å². The topological polar surface area (TPSA) is 75.2 Å². The second-order valence-electron chi connectivity index (χ2n) is 6.74. The van der Waals surface area contributed by atoms with Crippen LogP contribution in [0.5, 0.6) is 0 Å². The number of amides is 1. The van der Waals surface area contributed by atoms with Gasteiger partial charge in [-0.15, -0.1) is 0 Å². The molecule has 0 saturated heterocycles. The molecule has 6 nitrogen and oxygen atoms in total. The molecule has 1 amide bonds. The first kappa shape index (κ1) is 17.9. The van der Waals surface area contributed by atoms with Crippen molar-refractivity contribution in [3.63, 3.8) is 0 Å². The summed E-state index contributed by atoms with van der Waals surface area (Å²) in [5, 5.41) is 0. The number of nitrogens with zero attached hydrogens (tertiary/aromatic N) is 2. The van der Waals surface area contributed by atoms with Crippen molar-refractivity contribution in [2.75, 3.05) is 6.54 Å². The Morgan fingerprint density at radius 2 is 1.75 bits per heavy atom. The number of carbonyl (C=O) groups excluding carboxylic acids is 1. The minimum Gasteiger partial charge on any atom is -0.334 e. The second-order valence-corrected chi connectivity index (χ2v) is 6.74. The van der Waals surface area contributed by atoms with Crippen LogP contribution >= 0.6 is 0 Å². The zero-order valence-electron chi connectivity index (χ0n) is 15.0. The molecule has 2 aromatic carbocycles. The van der Waals surface area contributed by atoms with Crippen molar-refractivity contribution in [3.8, 4) is 0 Å². The molecular formula is C21H18FN3O3. The van der Waals surface area contributed by atoms with Crippen LogP contribution in [0.25, 0.3) is 0 Å². The monoisotopic (exact) mass is 379 g/mol. The van der Waals surface area contributed by atoms with Crippen LogP contribution < -0.4 is 11.2 Å². The van der Waals surface area contributed by atoms with Gasteiger partial charge in [-0.3, -0.25) is 14.2 Å². The van der Waals surface area contributed by atoms with Gasteiger partial charge in [-0.1, -0.05) is 42.5 Å². The first-order chi connectivity index (χ1) is 13.5. The second kappa shape index (κ2) is 7.26. The zero-order chi connectivity index (χ0) is 19.7. The summed E-state index contributed by atoms with van der Waals surface area (Å²) in [6.07, 6.45) is 1.85. The molecule has 3 aromatic rings. The summed E-state index contributed by atoms with van der Waals surface area (Å²) in [4.78, 5) is 41.9. The van der Waals surface area contributed by atoms with E-state index in [1.165, 1.54) is 23.8 Å². The number of hydrogen-bond acceptors (Lipinski definition) is 3. The molecule has 2 heterocycles. The standard InChI is InChI=1S/C21H18FN3O3/c22-18-8-4-3-7-16(18)13-25-20(27)17(11-23-21(25)28)19(26)24-10-9-14-5-1-2-6-15(14)12-24/h1-8,11H,9-10,12-13H2,(H,23,28). The molecule has 0 atom stereocenters. The van der Waals surface area contributed by atoms with Crippen molar-refractivity contribution < 1.29 is 9.18 Å². The molecule has 1 N–H and O–H groups in total. The predicted molar refractivity (Wildman–Crippen MR) is 102 cm³/mol. The van der Waals surface area contributed by atoms with Crippen LogP contribution in [0.1, 0.15) is 27.0 Å². The van der Waals surface area contributed by atoms with Crippen molar-refractivity contribution in [3.05, 3.63) is 104 Å². The lowest BCUT2D eigenvalue weighted by atomic mass is 9.99. The highest BCUT2D eigenvalue weighted by Crippen LogP contribution is 2.19. The number of halogens is 1. The number of carbonyl (C=O) groups is 1. The van der Waals surface area contributed by atoms with Gasteiger partial charge in [0.1, 0.15) is 11.4 Å². The van der Waals surface area contributed by atoms with Crippen molar-refractivity contribution in [1.29, 1.82) is 0 Å². The average molecular weight is 379 g/mol. The molecule has 1 aliphatic rings. The molecule has 4 rings (SSSR count). The molecule has 7 heteroatoms. The Hall–Kier alpha value is -3.48. The van der Waals surface area contributed by atoms with Crippen LogP contribution in [0.2, 0.25) is 0 Å². The Kier molecular flexibility index (Phi) is 4.65. The van der Waals surface area contributed by atoms with E-state index in [-0.39, 0.29) is 17.7 Å². The smallest absolute Gasteiger partial charge is 0.328 e. The van der Waals surface area contributed by atoms with Crippen LogP contribution in [0.15, 0.2) is 64.3 Å². The third-order valence-electron chi connectivity index (χ3n) is 5.00. The van der Waals surface area contributed by atoms with E-state index in [1.807, 2.05) is 24.3 Å². The van der Waals surface area contributed by atoms with Gasteiger partial charge in [0, 0.05) is 24.8 Å². The molecule has 0 aliphatic carbocycles. The number of fused-ring (bicyclic) bond motifs is 1. The van der Waals surface area contributed by atoms with Gasteiger partial charge in [0.15, 0.2) is 0 Å². The summed E-state index contributed by atoms with van der Waals surface area (Å²) in [6.45, 7) is 0.646. The van der Waals surface area contributed by atoms with Gasteiger partial charge < -0.3 is 9.88 Å². The molecule has 1 aromatic heterocycles. The summed E-state index contributed by atoms with van der Waals surface area (Å²) < 4.78 is 14.8. The van der Waals surface area contributed by atoms with Gasteiger partial charge in [-0.05, 0) is 23.6 Å². The number of benzene rings is 2. The lowest BCUT2D eigenvalue weighted by molar-refractivity contribution is 0.0731. The molecule has 1 aliphatic heterocycles. The van der Waals surface area contributed by atoms with Gasteiger partial charge in [0.2, 0.25) is 0 Å². The van der Waals surface area contributed by atoms with Crippen molar-refractivity contribution in [2.24, 2.45) is 0 Å². The Bertz CT molecular complexity index is 1170. The van der Waals surface area contributed by atoms with Gasteiger partial charge >= 0.3 is 5.69 Å². The number of rotatable bonds is 3. The molecule has 0 unspecified atom stereocenters. The highest BCUT2D eigenvalue weighted by Gasteiger charge is 2.24. The van der Waals surface area contributed by atoms with Gasteiger partial charge in [0.25, 0.3) is 11.5 Å². The van der Waals surface area contributed by atoms with Crippen molar-refractivity contribution in [1.82, 2.24) is 14.5 Å². The molecule has 0 spiro atoms. The van der Waals surface area contributed by atoms with Crippen LogP contribution in [0.3, 0.4) is 0 Å². The molecule has 0 fully saturated rings. The van der Waals surface area contributed by atoms with E-state index in [4.69, 9.17) is 0 Å². The maximum absolute atomic E-state index is 13.9.